The second-order valence-corrected chi connectivity index (χ2v) is 4.48. The maximum atomic E-state index is 11.5. The molecule has 2 heterocycles. The van der Waals surface area contributed by atoms with Gasteiger partial charge in [-0.05, 0) is 36.8 Å². The minimum Gasteiger partial charge on any atom is -0.311 e. The highest BCUT2D eigenvalue weighted by Crippen LogP contribution is 1.99. The Balaban J connectivity index is 2.29. The van der Waals surface area contributed by atoms with E-state index in [-0.39, 0.29) is 5.91 Å². The number of hydrogen-bond acceptors (Lipinski definition) is 4. The standard InChI is InChI=1S/C16H18N6O/c1-3-14(20-15(23)4-2)21-16(22-11-5-8-19-22)18-12-13-6-9-17-10-7-13/h3,5-12H,4H2,1-2H3,(H,20,23)/b14-3-,18-12+,21-16+. The van der Waals surface area contributed by atoms with Gasteiger partial charge >= 0.3 is 0 Å². The van der Waals surface area contributed by atoms with Crippen LogP contribution in [-0.2, 0) is 4.79 Å². The first-order valence-electron chi connectivity index (χ1n) is 7.22. The smallest absolute Gasteiger partial charge is 0.252 e. The molecule has 2 aromatic rings. The van der Waals surface area contributed by atoms with Crippen molar-refractivity contribution < 1.29 is 4.79 Å². The van der Waals surface area contributed by atoms with Crippen LogP contribution in [0.5, 0.6) is 0 Å². The average Bonchev–Trinajstić information content (AvgIpc) is 3.12. The molecule has 7 heteroatoms. The lowest BCUT2D eigenvalue weighted by Gasteiger charge is -2.06. The van der Waals surface area contributed by atoms with Crippen LogP contribution in [0.15, 0.2) is 64.9 Å². The number of rotatable bonds is 4. The van der Waals surface area contributed by atoms with Gasteiger partial charge in [-0.3, -0.25) is 9.78 Å². The number of carbonyl (C=O) groups excluding carboxylic acids is 1. The Morgan fingerprint density at radius 2 is 2.13 bits per heavy atom. The molecule has 0 saturated carbocycles. The quantitative estimate of drug-likeness (QED) is 0.692. The van der Waals surface area contributed by atoms with Crippen LogP contribution in [0.4, 0.5) is 0 Å². The van der Waals surface area contributed by atoms with Gasteiger partial charge in [0.25, 0.3) is 5.96 Å². The molecule has 118 valence electrons. The zero-order valence-electron chi connectivity index (χ0n) is 13.0. The van der Waals surface area contributed by atoms with Crippen LogP contribution in [0.2, 0.25) is 0 Å². The average molecular weight is 310 g/mol. The Kier molecular flexibility index (Phi) is 5.93. The van der Waals surface area contributed by atoms with E-state index >= 15 is 0 Å². The van der Waals surface area contributed by atoms with Crippen molar-refractivity contribution in [2.24, 2.45) is 9.98 Å². The number of aromatic nitrogens is 3. The van der Waals surface area contributed by atoms with Gasteiger partial charge in [-0.1, -0.05) is 6.92 Å². The molecule has 7 nitrogen and oxygen atoms in total. The largest absolute Gasteiger partial charge is 0.311 e. The number of pyridine rings is 1. The van der Waals surface area contributed by atoms with E-state index < -0.39 is 0 Å². The summed E-state index contributed by atoms with van der Waals surface area (Å²) in [5, 5.41) is 6.85. The summed E-state index contributed by atoms with van der Waals surface area (Å²) in [6, 6.07) is 5.44. The maximum absolute atomic E-state index is 11.5. The topological polar surface area (TPSA) is 84.5 Å². The molecule has 0 unspecified atom stereocenters. The van der Waals surface area contributed by atoms with E-state index in [4.69, 9.17) is 0 Å². The van der Waals surface area contributed by atoms with Crippen LogP contribution in [-0.4, -0.2) is 32.8 Å². The molecule has 0 spiro atoms. The van der Waals surface area contributed by atoms with Crippen LogP contribution in [0.3, 0.4) is 0 Å². The van der Waals surface area contributed by atoms with Gasteiger partial charge in [0.05, 0.1) is 0 Å². The molecule has 0 saturated heterocycles. The molecular formula is C16H18N6O. The third-order valence-electron chi connectivity index (χ3n) is 2.83. The molecule has 0 atom stereocenters. The van der Waals surface area contributed by atoms with Crippen molar-refractivity contribution in [3.05, 3.63) is 60.4 Å². The van der Waals surface area contributed by atoms with E-state index in [1.807, 2.05) is 12.1 Å². The first-order chi connectivity index (χ1) is 11.2. The zero-order chi connectivity index (χ0) is 16.5. The Bertz CT molecular complexity index is 716. The third kappa shape index (κ3) is 4.99. The summed E-state index contributed by atoms with van der Waals surface area (Å²) in [5.74, 6) is 0.658. The number of allylic oxidation sites excluding steroid dienone is 1. The van der Waals surface area contributed by atoms with E-state index in [0.29, 0.717) is 18.2 Å². The number of aliphatic imine (C=N–C) groups is 2. The summed E-state index contributed by atoms with van der Waals surface area (Å²) < 4.78 is 1.53. The van der Waals surface area contributed by atoms with Crippen LogP contribution in [0.25, 0.3) is 0 Å². The van der Waals surface area contributed by atoms with Crippen LogP contribution < -0.4 is 5.32 Å². The van der Waals surface area contributed by atoms with Gasteiger partial charge < -0.3 is 5.32 Å². The molecule has 0 radical (unpaired) electrons. The Morgan fingerprint density at radius 3 is 2.74 bits per heavy atom. The van der Waals surface area contributed by atoms with Crippen molar-refractivity contribution in [3.63, 3.8) is 0 Å². The van der Waals surface area contributed by atoms with E-state index in [2.05, 4.69) is 25.4 Å². The molecule has 2 aromatic heterocycles. The lowest BCUT2D eigenvalue weighted by Crippen LogP contribution is -2.22. The summed E-state index contributed by atoms with van der Waals surface area (Å²) in [7, 11) is 0. The summed E-state index contributed by atoms with van der Waals surface area (Å²) in [5.41, 5.74) is 0.888. The molecule has 0 bridgehead atoms. The predicted molar refractivity (Wildman–Crippen MR) is 89.1 cm³/mol. The lowest BCUT2D eigenvalue weighted by atomic mass is 10.3. The third-order valence-corrected chi connectivity index (χ3v) is 2.83. The Labute approximate surface area is 134 Å². The van der Waals surface area contributed by atoms with Gasteiger partial charge in [-0.25, -0.2) is 9.67 Å². The van der Waals surface area contributed by atoms with Gasteiger partial charge in [0.1, 0.15) is 5.82 Å². The molecule has 0 aliphatic heterocycles. The molecule has 0 aliphatic rings. The van der Waals surface area contributed by atoms with Gasteiger partial charge in [0.2, 0.25) is 5.91 Å². The van der Waals surface area contributed by atoms with Gasteiger partial charge in [-0.2, -0.15) is 10.1 Å². The number of carbonyl (C=O) groups is 1. The predicted octanol–water partition coefficient (Wildman–Crippen LogP) is 1.99. The fourth-order valence-electron chi connectivity index (χ4n) is 1.61. The molecule has 1 N–H and O–H groups in total. The first kappa shape index (κ1) is 16.3. The zero-order valence-corrected chi connectivity index (χ0v) is 13.0. The van der Waals surface area contributed by atoms with E-state index in [1.54, 1.807) is 57.0 Å². The van der Waals surface area contributed by atoms with E-state index in [9.17, 15) is 4.79 Å². The van der Waals surface area contributed by atoms with Gasteiger partial charge in [0, 0.05) is 37.4 Å². The second-order valence-electron chi connectivity index (χ2n) is 4.48. The minimum absolute atomic E-state index is 0.111. The fraction of sp³-hybridized carbons (Fsp3) is 0.188. The monoisotopic (exact) mass is 310 g/mol. The fourth-order valence-corrected chi connectivity index (χ4v) is 1.61. The molecule has 0 fully saturated rings. The number of nitrogens with one attached hydrogen (secondary N) is 1. The van der Waals surface area contributed by atoms with E-state index in [1.165, 1.54) is 4.68 Å². The summed E-state index contributed by atoms with van der Waals surface area (Å²) in [4.78, 5) is 24.2. The highest BCUT2D eigenvalue weighted by Gasteiger charge is 2.05. The summed E-state index contributed by atoms with van der Waals surface area (Å²) >= 11 is 0. The molecule has 0 aromatic carbocycles. The molecule has 23 heavy (non-hydrogen) atoms. The van der Waals surface area contributed by atoms with Crippen LogP contribution >= 0.6 is 0 Å². The molecule has 0 aliphatic carbocycles. The minimum atomic E-state index is -0.111. The molecule has 1 amide bonds. The van der Waals surface area contributed by atoms with Gasteiger partial charge in [-0.15, -0.1) is 0 Å². The molecule has 2 rings (SSSR count). The SMILES string of the molecule is C\C=C(/N=C(\N=C\c1ccncc1)n1cccn1)NC(=O)CC. The van der Waals surface area contributed by atoms with Crippen molar-refractivity contribution in [2.75, 3.05) is 0 Å². The lowest BCUT2D eigenvalue weighted by molar-refractivity contribution is -0.120. The van der Waals surface area contributed by atoms with Crippen molar-refractivity contribution in [2.45, 2.75) is 20.3 Å². The van der Waals surface area contributed by atoms with Crippen molar-refractivity contribution in [3.8, 4) is 0 Å². The maximum Gasteiger partial charge on any atom is 0.252 e. The van der Waals surface area contributed by atoms with Crippen molar-refractivity contribution in [1.29, 1.82) is 0 Å². The Morgan fingerprint density at radius 1 is 1.35 bits per heavy atom. The number of nitrogens with zero attached hydrogens (tertiary/aromatic N) is 5. The summed E-state index contributed by atoms with van der Waals surface area (Å²) in [6.07, 6.45) is 10.5. The highest BCUT2D eigenvalue weighted by atomic mass is 16.1. The highest BCUT2D eigenvalue weighted by molar-refractivity contribution is 5.94. The normalized spacial score (nSPS) is 12.6. The second kappa shape index (κ2) is 8.38. The van der Waals surface area contributed by atoms with Crippen molar-refractivity contribution in [1.82, 2.24) is 20.1 Å². The van der Waals surface area contributed by atoms with Crippen molar-refractivity contribution >= 4 is 18.1 Å². The first-order valence-corrected chi connectivity index (χ1v) is 7.22. The summed E-state index contributed by atoms with van der Waals surface area (Å²) in [6.45, 7) is 3.57. The molecular weight excluding hydrogens is 292 g/mol. The van der Waals surface area contributed by atoms with Gasteiger partial charge in [0.15, 0.2) is 0 Å². The van der Waals surface area contributed by atoms with Crippen LogP contribution in [0, 0.1) is 0 Å². The van der Waals surface area contributed by atoms with Crippen LogP contribution in [0.1, 0.15) is 25.8 Å². The number of hydrogen-bond donors (Lipinski definition) is 1. The Hall–Kier alpha value is -3.09. The van der Waals surface area contributed by atoms with E-state index in [0.717, 1.165) is 5.56 Å². The number of amides is 1.